The fourth-order valence-electron chi connectivity index (χ4n) is 3.39. The summed E-state index contributed by atoms with van der Waals surface area (Å²) in [4.78, 5) is 22.2. The Kier molecular flexibility index (Phi) is 31.6. The number of ether oxygens (including phenoxy) is 4. The van der Waals surface area contributed by atoms with Crippen LogP contribution >= 0.6 is 0 Å². The van der Waals surface area contributed by atoms with Crippen LogP contribution < -0.4 is 28.3 Å². The molecule has 0 aromatic heterocycles. The first-order valence-corrected chi connectivity index (χ1v) is 15.0. The second-order valence-electron chi connectivity index (χ2n) is 9.54. The number of carbonyl (C=O) groups is 2. The molecule has 0 unspecified atom stereocenters. The van der Waals surface area contributed by atoms with E-state index in [2.05, 4.69) is 27.2 Å². The van der Waals surface area contributed by atoms with Crippen LogP contribution in [0.3, 0.4) is 0 Å². The first-order chi connectivity index (χ1) is 24.0. The summed E-state index contributed by atoms with van der Waals surface area (Å²) in [5.41, 5.74) is 0.362. The molecule has 14 heteroatoms. The van der Waals surface area contributed by atoms with Gasteiger partial charge in [0.05, 0.1) is 34.0 Å². The molecule has 3 radical (unpaired) electrons. The molecule has 3 aromatic carbocycles. The van der Waals surface area contributed by atoms with Crippen molar-refractivity contribution >= 4 is 20.4 Å². The van der Waals surface area contributed by atoms with Crippen LogP contribution in [0.5, 0.6) is 17.2 Å². The number of hydrogen-bond donors (Lipinski definition) is 3. The molecule has 0 saturated heterocycles. The molecule has 0 saturated carbocycles. The number of halogens is 3. The molecule has 0 aliphatic rings. The summed E-state index contributed by atoms with van der Waals surface area (Å²) in [6, 6.07) is 10.9. The Labute approximate surface area is 319 Å². The topological polar surface area (TPSA) is 132 Å². The van der Waals surface area contributed by atoms with E-state index in [0.717, 1.165) is 44.2 Å². The molecule has 273 valence electrons. The number of methoxy groups -OCH3 is 2. The van der Waals surface area contributed by atoms with Gasteiger partial charge in [-0.2, -0.15) is 0 Å². The number of benzene rings is 3. The van der Waals surface area contributed by atoms with Crippen LogP contribution in [0.15, 0.2) is 54.6 Å². The van der Waals surface area contributed by atoms with E-state index >= 15 is 0 Å². The summed E-state index contributed by atoms with van der Waals surface area (Å²) >= 11 is 0. The normalized spacial score (nSPS) is 8.92. The molecule has 3 rings (SSSR count). The number of aliphatic hydroxyl groups excluding tert-OH is 2. The molecule has 0 aliphatic heterocycles. The number of terminal acetylenes is 3. The maximum absolute atomic E-state index is 13.0. The average Bonchev–Trinajstić information content (AvgIpc) is 3.13. The number of aliphatic hydroxyl groups is 2. The molecule has 9 nitrogen and oxygen atoms in total. The SMILES string of the molecule is C#CCCCO.C#CCCCOc1ccc(F)cc1C(=O)OC.C#CCCCOc1ccc(F)cc1CO.COC(=O)c1cc(F)ccc1O.[B].[H-].[Li+]. The summed E-state index contributed by atoms with van der Waals surface area (Å²) in [5, 5.41) is 26.1. The smallest absolute Gasteiger partial charge is 1.00 e. The van der Waals surface area contributed by atoms with Crippen LogP contribution in [0.1, 0.15) is 66.2 Å². The monoisotopic (exact) mass is 717 g/mol. The first-order valence-electron chi connectivity index (χ1n) is 15.0. The van der Waals surface area contributed by atoms with Crippen molar-refractivity contribution in [2.45, 2.75) is 45.1 Å². The van der Waals surface area contributed by atoms with Crippen molar-refractivity contribution < 1.29 is 77.3 Å². The van der Waals surface area contributed by atoms with Gasteiger partial charge in [-0.25, -0.2) is 22.8 Å². The third-order valence-electron chi connectivity index (χ3n) is 5.83. The number of unbranched alkanes of at least 4 members (excludes halogenated alkanes) is 3. The summed E-state index contributed by atoms with van der Waals surface area (Å²) in [7, 11) is 2.39. The van der Waals surface area contributed by atoms with Crippen LogP contribution in [0.25, 0.3) is 0 Å². The summed E-state index contributed by atoms with van der Waals surface area (Å²) < 4.78 is 57.9. The molecule has 0 spiro atoms. The average molecular weight is 717 g/mol. The molecule has 0 fully saturated rings. The predicted octanol–water partition coefficient (Wildman–Crippen LogP) is 2.96. The van der Waals surface area contributed by atoms with Crippen molar-refractivity contribution in [1.29, 1.82) is 0 Å². The summed E-state index contributed by atoms with van der Waals surface area (Å²) in [5.74, 6) is 5.05. The van der Waals surface area contributed by atoms with Gasteiger partial charge in [-0.05, 0) is 73.9 Å². The molecule has 0 bridgehead atoms. The summed E-state index contributed by atoms with van der Waals surface area (Å²) in [6.07, 6.45) is 19.1. The number of esters is 2. The van der Waals surface area contributed by atoms with Crippen molar-refractivity contribution in [3.63, 3.8) is 0 Å². The van der Waals surface area contributed by atoms with E-state index in [1.165, 1.54) is 37.4 Å². The molecule has 0 amide bonds. The van der Waals surface area contributed by atoms with Crippen molar-refractivity contribution in [3.05, 3.63) is 88.7 Å². The minimum Gasteiger partial charge on any atom is -1.00 e. The fourth-order valence-corrected chi connectivity index (χ4v) is 3.39. The van der Waals surface area contributed by atoms with Gasteiger partial charge < -0.3 is 35.7 Å². The van der Waals surface area contributed by atoms with Crippen LogP contribution in [0.4, 0.5) is 13.2 Å². The number of rotatable bonds is 13. The Morgan fingerprint density at radius 1 is 0.692 bits per heavy atom. The van der Waals surface area contributed by atoms with E-state index < -0.39 is 23.6 Å². The summed E-state index contributed by atoms with van der Waals surface area (Å²) in [6.45, 7) is 0.828. The molecule has 0 heterocycles. The van der Waals surface area contributed by atoms with E-state index in [1.54, 1.807) is 0 Å². The molecule has 3 N–H and O–H groups in total. The van der Waals surface area contributed by atoms with Gasteiger partial charge in [-0.1, -0.05) is 0 Å². The van der Waals surface area contributed by atoms with Gasteiger partial charge in [0.2, 0.25) is 0 Å². The van der Waals surface area contributed by atoms with Gasteiger partial charge in [0.15, 0.2) is 0 Å². The van der Waals surface area contributed by atoms with Gasteiger partial charge in [-0.3, -0.25) is 0 Å². The quantitative estimate of drug-likeness (QED) is 0.106. The Morgan fingerprint density at radius 3 is 1.58 bits per heavy atom. The zero-order valence-electron chi connectivity index (χ0n) is 30.5. The maximum atomic E-state index is 13.0. The van der Waals surface area contributed by atoms with Gasteiger partial charge in [0, 0.05) is 39.8 Å². The minimum atomic E-state index is -0.757. The second-order valence-corrected chi connectivity index (χ2v) is 9.54. The van der Waals surface area contributed by atoms with E-state index in [0.29, 0.717) is 56.0 Å². The van der Waals surface area contributed by atoms with Crippen LogP contribution in [-0.4, -0.2) is 69.7 Å². The van der Waals surface area contributed by atoms with Crippen LogP contribution in [-0.2, 0) is 16.1 Å². The molecule has 0 atom stereocenters. The van der Waals surface area contributed by atoms with Gasteiger partial charge >= 0.3 is 30.8 Å². The van der Waals surface area contributed by atoms with Gasteiger partial charge in [0.25, 0.3) is 0 Å². The number of phenols is 1. The minimum absolute atomic E-state index is 0. The molecule has 52 heavy (non-hydrogen) atoms. The van der Waals surface area contributed by atoms with Crippen molar-refractivity contribution in [3.8, 4) is 54.3 Å². The predicted molar refractivity (Wildman–Crippen MR) is 189 cm³/mol. The van der Waals surface area contributed by atoms with Gasteiger partial charge in [-0.15, -0.1) is 37.0 Å². The Hall–Kier alpha value is -4.95. The zero-order valence-corrected chi connectivity index (χ0v) is 29.5. The van der Waals surface area contributed by atoms with Crippen molar-refractivity contribution in [1.82, 2.24) is 0 Å². The largest absolute Gasteiger partial charge is 1.00 e. The third kappa shape index (κ3) is 22.0. The number of carbonyl (C=O) groups excluding carboxylic acids is 2. The maximum Gasteiger partial charge on any atom is 1.00 e. The van der Waals surface area contributed by atoms with Crippen molar-refractivity contribution in [2.75, 3.05) is 34.0 Å². The first kappa shape index (κ1) is 51.4. The Bertz CT molecular complexity index is 1610. The fraction of sp³-hybridized carbons (Fsp3) is 0.316. The molecular formula is C38H42BF3LiO9. The van der Waals surface area contributed by atoms with Crippen molar-refractivity contribution in [2.24, 2.45) is 0 Å². The standard InChI is InChI=1S/C13H13FO3.C12H13FO2.C8H7FO3.C5H8O.B.Li.H/c1-3-4-5-8-17-12-7-6-10(14)9-11(12)13(15)16-2;1-2-3-4-7-15-12-6-5-11(13)8-10(12)9-14;1-12-8(11)6-4-5(9)2-3-7(6)10;1-2-3-4-5-6;;;/h1,6-7,9H,4-5,8H2,2H3;1,5-6,8,14H,3-4,7,9H2;2-4,10H,1H3;1,6H,3-5H2;;;/q;;;;;+1;-1. The second kappa shape index (κ2) is 32.0. The van der Waals surface area contributed by atoms with Crippen LogP contribution in [0.2, 0.25) is 0 Å². The Balaban J connectivity index is -0.000000310. The molecule has 3 aromatic rings. The van der Waals surface area contributed by atoms with E-state index in [4.69, 9.17) is 44.1 Å². The number of hydrogen-bond acceptors (Lipinski definition) is 9. The van der Waals surface area contributed by atoms with Gasteiger partial charge in [0.1, 0.15) is 45.8 Å². The number of aromatic hydroxyl groups is 1. The third-order valence-corrected chi connectivity index (χ3v) is 5.83. The molecule has 0 aliphatic carbocycles. The zero-order chi connectivity index (χ0) is 37.7. The van der Waals surface area contributed by atoms with E-state index in [-0.39, 0.29) is 64.6 Å². The van der Waals surface area contributed by atoms with E-state index in [9.17, 15) is 22.8 Å². The number of phenolic OH excluding ortho intramolecular Hbond substituents is 1. The van der Waals surface area contributed by atoms with Crippen LogP contribution in [0, 0.1) is 54.5 Å². The molecular weight excluding hydrogens is 675 g/mol. The Morgan fingerprint density at radius 2 is 1.12 bits per heavy atom. The van der Waals surface area contributed by atoms with E-state index in [1.807, 2.05) is 0 Å².